The molecule has 1 fully saturated rings. The van der Waals surface area contributed by atoms with Gasteiger partial charge in [-0.2, -0.15) is 4.31 Å². The number of amides is 2. The Morgan fingerprint density at radius 3 is 2.00 bits per heavy atom. The average molecular weight is 498 g/mol. The van der Waals surface area contributed by atoms with Gasteiger partial charge in [-0.05, 0) is 68.8 Å². The van der Waals surface area contributed by atoms with Crippen LogP contribution in [0.4, 0.5) is 10.1 Å². The van der Waals surface area contributed by atoms with E-state index >= 15 is 0 Å². The molecule has 2 amide bonds. The summed E-state index contributed by atoms with van der Waals surface area (Å²) in [7, 11) is -8.26. The maximum atomic E-state index is 13.5. The summed E-state index contributed by atoms with van der Waals surface area (Å²) in [5.74, 6) is -2.02. The molecule has 9 nitrogen and oxygen atoms in total. The Kier molecular flexibility index (Phi) is 6.50. The number of hydrogen-bond donors (Lipinski definition) is 1. The minimum Gasteiger partial charge on any atom is -0.274 e. The summed E-state index contributed by atoms with van der Waals surface area (Å²) >= 11 is 0. The maximum absolute atomic E-state index is 13.5. The zero-order chi connectivity index (χ0) is 24.8. The standard InChI is InChI=1S/C21H24FN3O6S2/c1-4-21(2,3)25(33(30,31)17-9-5-14(22)6-10-17)18-13-19(26)24(20(18)27)15-7-11-16(12-8-15)32(23,28)29/h5-12,18H,4,13H2,1-3H3,(H2,23,28,29). The smallest absolute Gasteiger partial charge is 0.252 e. The van der Waals surface area contributed by atoms with Gasteiger partial charge in [0, 0.05) is 5.54 Å². The van der Waals surface area contributed by atoms with Gasteiger partial charge < -0.3 is 0 Å². The highest BCUT2D eigenvalue weighted by molar-refractivity contribution is 7.89. The highest BCUT2D eigenvalue weighted by Crippen LogP contribution is 2.35. The molecule has 1 atom stereocenters. The summed E-state index contributed by atoms with van der Waals surface area (Å²) in [6.07, 6.45) is -0.0753. The fourth-order valence-electron chi connectivity index (χ4n) is 3.65. The summed E-state index contributed by atoms with van der Waals surface area (Å²) in [6.45, 7) is 5.02. The van der Waals surface area contributed by atoms with Gasteiger partial charge in [0.25, 0.3) is 5.91 Å². The number of hydrogen-bond acceptors (Lipinski definition) is 6. The van der Waals surface area contributed by atoms with E-state index in [9.17, 15) is 30.8 Å². The van der Waals surface area contributed by atoms with Crippen LogP contribution < -0.4 is 10.0 Å². The highest BCUT2D eigenvalue weighted by atomic mass is 32.2. The summed E-state index contributed by atoms with van der Waals surface area (Å²) in [5, 5.41) is 5.08. The molecule has 178 valence electrons. The van der Waals surface area contributed by atoms with Crippen LogP contribution in [0.5, 0.6) is 0 Å². The first-order chi connectivity index (χ1) is 15.2. The second-order valence-corrected chi connectivity index (χ2v) is 11.6. The number of imide groups is 1. The van der Waals surface area contributed by atoms with Gasteiger partial charge in [0.1, 0.15) is 11.9 Å². The maximum Gasteiger partial charge on any atom is 0.252 e. The molecular weight excluding hydrogens is 473 g/mol. The Bertz CT molecular complexity index is 1290. The number of anilines is 1. The Labute approximate surface area is 192 Å². The van der Waals surface area contributed by atoms with Gasteiger partial charge in [-0.15, -0.1) is 0 Å². The lowest BCUT2D eigenvalue weighted by Gasteiger charge is -2.39. The number of nitrogens with zero attached hydrogens (tertiary/aromatic N) is 2. The zero-order valence-corrected chi connectivity index (χ0v) is 19.9. The molecule has 1 aliphatic rings. The van der Waals surface area contributed by atoms with Gasteiger partial charge >= 0.3 is 0 Å². The summed E-state index contributed by atoms with van der Waals surface area (Å²) in [5.41, 5.74) is -0.963. The molecule has 1 unspecified atom stereocenters. The van der Waals surface area contributed by atoms with Gasteiger partial charge in [-0.1, -0.05) is 6.92 Å². The normalized spacial score (nSPS) is 17.8. The molecule has 0 saturated carbocycles. The van der Waals surface area contributed by atoms with E-state index in [1.54, 1.807) is 20.8 Å². The van der Waals surface area contributed by atoms with Crippen molar-refractivity contribution in [1.82, 2.24) is 4.31 Å². The molecule has 3 rings (SSSR count). The van der Waals surface area contributed by atoms with E-state index < -0.39 is 55.7 Å². The van der Waals surface area contributed by atoms with Crippen molar-refractivity contribution < 1.29 is 30.8 Å². The number of carbonyl (C=O) groups excluding carboxylic acids is 2. The largest absolute Gasteiger partial charge is 0.274 e. The fourth-order valence-corrected chi connectivity index (χ4v) is 6.15. The molecule has 2 aromatic carbocycles. The van der Waals surface area contributed by atoms with Crippen molar-refractivity contribution in [3.05, 3.63) is 54.3 Å². The van der Waals surface area contributed by atoms with Crippen molar-refractivity contribution in [3.8, 4) is 0 Å². The fraction of sp³-hybridized carbons (Fsp3) is 0.333. The van der Waals surface area contributed by atoms with Crippen molar-refractivity contribution in [2.24, 2.45) is 5.14 Å². The van der Waals surface area contributed by atoms with Gasteiger partial charge in [-0.25, -0.2) is 31.3 Å². The van der Waals surface area contributed by atoms with Crippen molar-refractivity contribution >= 4 is 37.5 Å². The van der Waals surface area contributed by atoms with E-state index in [2.05, 4.69) is 0 Å². The van der Waals surface area contributed by atoms with Crippen LogP contribution in [0, 0.1) is 5.82 Å². The summed E-state index contributed by atoms with van der Waals surface area (Å²) in [4.78, 5) is 26.6. The molecule has 0 radical (unpaired) electrons. The van der Waals surface area contributed by atoms with Crippen molar-refractivity contribution in [3.63, 3.8) is 0 Å². The van der Waals surface area contributed by atoms with Crippen LogP contribution in [-0.2, 0) is 29.6 Å². The van der Waals surface area contributed by atoms with Crippen molar-refractivity contribution in [2.45, 2.75) is 55.0 Å². The molecule has 1 heterocycles. The summed E-state index contributed by atoms with van der Waals surface area (Å²) < 4.78 is 64.4. The van der Waals surface area contributed by atoms with Crippen LogP contribution in [0.3, 0.4) is 0 Å². The van der Waals surface area contributed by atoms with E-state index in [-0.39, 0.29) is 15.5 Å². The molecule has 2 N–H and O–H groups in total. The zero-order valence-electron chi connectivity index (χ0n) is 18.2. The molecule has 0 spiro atoms. The SMILES string of the molecule is CCC(C)(C)N(C1CC(=O)N(c2ccc(S(N)(=O)=O)cc2)C1=O)S(=O)(=O)c1ccc(F)cc1. The first kappa shape index (κ1) is 25.0. The first-order valence-corrected chi connectivity index (χ1v) is 13.0. The van der Waals surface area contributed by atoms with E-state index in [0.717, 1.165) is 45.6 Å². The average Bonchev–Trinajstić information content (AvgIpc) is 3.01. The third-order valence-electron chi connectivity index (χ3n) is 5.66. The van der Waals surface area contributed by atoms with Crippen LogP contribution in [0.2, 0.25) is 0 Å². The number of primary sulfonamides is 1. The van der Waals surface area contributed by atoms with E-state index in [1.165, 1.54) is 12.1 Å². The Hall–Kier alpha value is -2.67. The number of benzene rings is 2. The van der Waals surface area contributed by atoms with E-state index in [0.29, 0.717) is 6.42 Å². The van der Waals surface area contributed by atoms with Gasteiger partial charge in [0.15, 0.2) is 0 Å². The summed E-state index contributed by atoms with van der Waals surface area (Å²) in [6, 6.07) is 7.70. The molecule has 1 aliphatic heterocycles. The lowest BCUT2D eigenvalue weighted by atomic mass is 10.00. The van der Waals surface area contributed by atoms with Crippen LogP contribution in [0.25, 0.3) is 0 Å². The molecule has 0 bridgehead atoms. The lowest BCUT2D eigenvalue weighted by Crippen LogP contribution is -2.55. The van der Waals surface area contributed by atoms with Gasteiger partial charge in [0.05, 0.1) is 21.9 Å². The van der Waals surface area contributed by atoms with Crippen LogP contribution in [-0.4, -0.2) is 44.5 Å². The minimum absolute atomic E-state index is 0.0911. The second kappa shape index (κ2) is 8.60. The van der Waals surface area contributed by atoms with Crippen LogP contribution in [0.1, 0.15) is 33.6 Å². The van der Waals surface area contributed by atoms with Crippen molar-refractivity contribution in [2.75, 3.05) is 4.90 Å². The quantitative estimate of drug-likeness (QED) is 0.581. The van der Waals surface area contributed by atoms with Gasteiger partial charge in [-0.3, -0.25) is 9.59 Å². The molecule has 1 saturated heterocycles. The topological polar surface area (TPSA) is 135 Å². The Morgan fingerprint density at radius 1 is 1.00 bits per heavy atom. The molecule has 33 heavy (non-hydrogen) atoms. The number of halogens is 1. The van der Waals surface area contributed by atoms with Crippen LogP contribution in [0.15, 0.2) is 58.3 Å². The Balaban J connectivity index is 2.05. The molecule has 0 aromatic heterocycles. The number of rotatable bonds is 7. The number of carbonyl (C=O) groups is 2. The molecule has 0 aliphatic carbocycles. The predicted molar refractivity (Wildman–Crippen MR) is 119 cm³/mol. The molecular formula is C21H24FN3O6S2. The van der Waals surface area contributed by atoms with E-state index in [4.69, 9.17) is 5.14 Å². The Morgan fingerprint density at radius 2 is 1.52 bits per heavy atom. The van der Waals surface area contributed by atoms with Gasteiger partial charge in [0.2, 0.25) is 26.0 Å². The highest BCUT2D eigenvalue weighted by Gasteiger charge is 2.51. The third-order valence-corrected chi connectivity index (χ3v) is 8.73. The number of nitrogens with two attached hydrogens (primary N) is 1. The van der Waals surface area contributed by atoms with Crippen LogP contribution >= 0.6 is 0 Å². The predicted octanol–water partition coefficient (Wildman–Crippen LogP) is 1.98. The third kappa shape index (κ3) is 4.69. The molecule has 12 heteroatoms. The number of sulfonamides is 2. The second-order valence-electron chi connectivity index (χ2n) is 8.25. The van der Waals surface area contributed by atoms with Crippen molar-refractivity contribution in [1.29, 1.82) is 0 Å². The minimum atomic E-state index is -4.29. The molecule has 2 aromatic rings. The lowest BCUT2D eigenvalue weighted by molar-refractivity contribution is -0.122. The monoisotopic (exact) mass is 497 g/mol. The van der Waals surface area contributed by atoms with E-state index in [1.807, 2.05) is 0 Å². The first-order valence-electron chi connectivity index (χ1n) is 10.00.